The summed E-state index contributed by atoms with van der Waals surface area (Å²) in [6, 6.07) is 6.07. The number of carbonyl (C=O) groups excluding carboxylic acids is 2. The smallest absolute Gasteiger partial charge is 0.425 e. The van der Waals surface area contributed by atoms with E-state index in [2.05, 4.69) is 41.5 Å². The topological polar surface area (TPSA) is 93.2 Å². The Morgan fingerprint density at radius 3 is 2.67 bits per heavy atom. The Bertz CT molecular complexity index is 745. The van der Waals surface area contributed by atoms with Crippen LogP contribution in [0, 0.1) is 5.82 Å². The van der Waals surface area contributed by atoms with Crippen LogP contribution in [0.25, 0.3) is 0 Å². The predicted molar refractivity (Wildman–Crippen MR) is 88.7 cm³/mol. The van der Waals surface area contributed by atoms with E-state index in [9.17, 15) is 14.0 Å². The van der Waals surface area contributed by atoms with Crippen molar-refractivity contribution in [2.24, 2.45) is 0 Å². The standard InChI is InChI=1S/C14H12BrFN4O3S/c1-23-14(22)20-19-12(21)11-10(15)6-17-13(18-11)24-7-8-2-4-9(16)5-3-8/h2-6H,7H2,1H3,(H,19,21)(H,20,22). The molecule has 7 nitrogen and oxygen atoms in total. The average molecular weight is 415 g/mol. The maximum atomic E-state index is 12.9. The van der Waals surface area contributed by atoms with Gasteiger partial charge < -0.3 is 4.74 Å². The monoisotopic (exact) mass is 414 g/mol. The van der Waals surface area contributed by atoms with Crippen molar-refractivity contribution < 1.29 is 18.7 Å². The number of halogens is 2. The highest BCUT2D eigenvalue weighted by Gasteiger charge is 2.15. The summed E-state index contributed by atoms with van der Waals surface area (Å²) in [7, 11) is 1.17. The molecule has 1 heterocycles. The van der Waals surface area contributed by atoms with Gasteiger partial charge >= 0.3 is 6.09 Å². The Morgan fingerprint density at radius 1 is 1.29 bits per heavy atom. The van der Waals surface area contributed by atoms with Gasteiger partial charge in [-0.05, 0) is 33.6 Å². The third-order valence-corrected chi connectivity index (χ3v) is 4.19. The van der Waals surface area contributed by atoms with Crippen molar-refractivity contribution in [1.82, 2.24) is 20.8 Å². The Morgan fingerprint density at radius 2 is 2.00 bits per heavy atom. The molecule has 2 rings (SSSR count). The van der Waals surface area contributed by atoms with E-state index in [1.807, 2.05) is 0 Å². The van der Waals surface area contributed by atoms with Crippen LogP contribution in [-0.2, 0) is 10.5 Å². The molecule has 0 unspecified atom stereocenters. The van der Waals surface area contributed by atoms with E-state index in [0.29, 0.717) is 15.4 Å². The van der Waals surface area contributed by atoms with Crippen LogP contribution in [0.4, 0.5) is 9.18 Å². The number of hydrogen-bond acceptors (Lipinski definition) is 6. The number of amides is 2. The number of ether oxygens (including phenoxy) is 1. The molecule has 2 aromatic rings. The van der Waals surface area contributed by atoms with Gasteiger partial charge in [-0.3, -0.25) is 10.2 Å². The van der Waals surface area contributed by atoms with Gasteiger partial charge in [-0.25, -0.2) is 24.6 Å². The molecule has 2 N–H and O–H groups in total. The van der Waals surface area contributed by atoms with Crippen molar-refractivity contribution in [3.8, 4) is 0 Å². The summed E-state index contributed by atoms with van der Waals surface area (Å²) >= 11 is 4.47. The van der Waals surface area contributed by atoms with Crippen LogP contribution in [0.3, 0.4) is 0 Å². The molecule has 0 aliphatic heterocycles. The number of benzene rings is 1. The third kappa shape index (κ3) is 5.17. The highest BCUT2D eigenvalue weighted by molar-refractivity contribution is 9.10. The number of thioether (sulfide) groups is 1. The first kappa shape index (κ1) is 18.1. The van der Waals surface area contributed by atoms with Gasteiger partial charge in [0.25, 0.3) is 5.91 Å². The highest BCUT2D eigenvalue weighted by Crippen LogP contribution is 2.22. The van der Waals surface area contributed by atoms with E-state index in [1.165, 1.54) is 37.2 Å². The van der Waals surface area contributed by atoms with Gasteiger partial charge in [0.1, 0.15) is 11.5 Å². The minimum atomic E-state index is -0.806. The lowest BCUT2D eigenvalue weighted by Gasteiger charge is -2.08. The Hall–Kier alpha value is -2.20. The maximum absolute atomic E-state index is 12.9. The van der Waals surface area contributed by atoms with Crippen molar-refractivity contribution in [3.63, 3.8) is 0 Å². The van der Waals surface area contributed by atoms with E-state index in [0.717, 1.165) is 5.56 Å². The molecule has 10 heteroatoms. The lowest BCUT2D eigenvalue weighted by Crippen LogP contribution is -2.42. The molecule has 0 bridgehead atoms. The summed E-state index contributed by atoms with van der Waals surface area (Å²) < 4.78 is 17.6. The molecular weight excluding hydrogens is 403 g/mol. The third-order valence-electron chi connectivity index (χ3n) is 2.68. The fourth-order valence-corrected chi connectivity index (χ4v) is 2.67. The van der Waals surface area contributed by atoms with Crippen molar-refractivity contribution in [2.45, 2.75) is 10.9 Å². The van der Waals surface area contributed by atoms with Gasteiger partial charge in [-0.2, -0.15) is 0 Å². The second-order valence-corrected chi connectivity index (χ2v) is 6.13. The molecule has 24 heavy (non-hydrogen) atoms. The van der Waals surface area contributed by atoms with Gasteiger partial charge in [-0.15, -0.1) is 0 Å². The lowest BCUT2D eigenvalue weighted by molar-refractivity contribution is 0.0914. The van der Waals surface area contributed by atoms with Gasteiger partial charge in [0, 0.05) is 11.9 Å². The Balaban J connectivity index is 2.03. The molecule has 0 fully saturated rings. The van der Waals surface area contributed by atoms with Crippen LogP contribution >= 0.6 is 27.7 Å². The number of carbonyl (C=O) groups is 2. The van der Waals surface area contributed by atoms with Crippen LogP contribution in [0.1, 0.15) is 16.1 Å². The molecule has 0 spiro atoms. The van der Waals surface area contributed by atoms with E-state index >= 15 is 0 Å². The van der Waals surface area contributed by atoms with Crippen molar-refractivity contribution in [1.29, 1.82) is 0 Å². The number of nitrogens with zero attached hydrogens (tertiary/aromatic N) is 2. The van der Waals surface area contributed by atoms with Gasteiger partial charge in [0.05, 0.1) is 11.6 Å². The minimum absolute atomic E-state index is 0.0583. The van der Waals surface area contributed by atoms with Gasteiger partial charge in [0.2, 0.25) is 0 Å². The Kier molecular flexibility index (Phi) is 6.50. The molecule has 0 saturated heterocycles. The van der Waals surface area contributed by atoms with Crippen LogP contribution in [0.5, 0.6) is 0 Å². The minimum Gasteiger partial charge on any atom is -0.452 e. The molecule has 0 aliphatic carbocycles. The maximum Gasteiger partial charge on any atom is 0.425 e. The van der Waals surface area contributed by atoms with Crippen molar-refractivity contribution in [2.75, 3.05) is 7.11 Å². The fraction of sp³-hybridized carbons (Fsp3) is 0.143. The van der Waals surface area contributed by atoms with Gasteiger partial charge in [-0.1, -0.05) is 23.9 Å². The molecule has 1 aromatic heterocycles. The highest BCUT2D eigenvalue weighted by atomic mass is 79.9. The number of aromatic nitrogens is 2. The summed E-state index contributed by atoms with van der Waals surface area (Å²) in [6.45, 7) is 0. The predicted octanol–water partition coefficient (Wildman–Crippen LogP) is 2.67. The second-order valence-electron chi connectivity index (χ2n) is 4.33. The van der Waals surface area contributed by atoms with Crippen LogP contribution < -0.4 is 10.9 Å². The van der Waals surface area contributed by atoms with Crippen molar-refractivity contribution >= 4 is 39.7 Å². The zero-order valence-electron chi connectivity index (χ0n) is 12.4. The molecule has 1 aromatic carbocycles. The van der Waals surface area contributed by atoms with E-state index in [1.54, 1.807) is 12.1 Å². The molecule has 0 atom stereocenters. The summed E-state index contributed by atoms with van der Waals surface area (Å²) in [5, 5.41) is 0.366. The molecule has 0 aliphatic rings. The first-order valence-electron chi connectivity index (χ1n) is 6.53. The normalized spacial score (nSPS) is 10.1. The number of methoxy groups -OCH3 is 1. The summed E-state index contributed by atoms with van der Waals surface area (Å²) in [4.78, 5) is 31.2. The average Bonchev–Trinajstić information content (AvgIpc) is 2.60. The molecule has 126 valence electrons. The summed E-state index contributed by atoms with van der Waals surface area (Å²) in [5.41, 5.74) is 5.17. The zero-order valence-corrected chi connectivity index (χ0v) is 14.8. The van der Waals surface area contributed by atoms with E-state index in [4.69, 9.17) is 0 Å². The molecule has 2 amide bonds. The first-order valence-corrected chi connectivity index (χ1v) is 8.31. The van der Waals surface area contributed by atoms with E-state index < -0.39 is 12.0 Å². The number of hydrogen-bond donors (Lipinski definition) is 2. The number of rotatable bonds is 4. The number of hydrazine groups is 1. The van der Waals surface area contributed by atoms with Crippen LogP contribution in [0.15, 0.2) is 40.1 Å². The largest absolute Gasteiger partial charge is 0.452 e. The molecule has 0 radical (unpaired) electrons. The molecular formula is C14H12BrFN4O3S. The zero-order chi connectivity index (χ0) is 17.5. The van der Waals surface area contributed by atoms with Crippen molar-refractivity contribution in [3.05, 3.63) is 52.0 Å². The van der Waals surface area contributed by atoms with Crippen LogP contribution in [-0.4, -0.2) is 29.1 Å². The quantitative estimate of drug-likeness (QED) is 0.453. The SMILES string of the molecule is COC(=O)NNC(=O)c1nc(SCc2ccc(F)cc2)ncc1Br. The summed E-state index contributed by atoms with van der Waals surface area (Å²) in [6.07, 6.45) is 0.631. The molecule has 0 saturated carbocycles. The number of nitrogens with one attached hydrogen (secondary N) is 2. The first-order chi connectivity index (χ1) is 11.5. The van der Waals surface area contributed by atoms with Gasteiger partial charge in [0.15, 0.2) is 5.16 Å². The van der Waals surface area contributed by atoms with Crippen LogP contribution in [0.2, 0.25) is 0 Å². The second kappa shape index (κ2) is 8.60. The Labute approximate surface area is 149 Å². The van der Waals surface area contributed by atoms with E-state index in [-0.39, 0.29) is 11.5 Å². The fourth-order valence-electron chi connectivity index (χ4n) is 1.53. The summed E-state index contributed by atoms with van der Waals surface area (Å²) in [5.74, 6) is -0.414. The lowest BCUT2D eigenvalue weighted by atomic mass is 10.2.